The van der Waals surface area contributed by atoms with Crippen LogP contribution in [-0.4, -0.2) is 32.1 Å². The summed E-state index contributed by atoms with van der Waals surface area (Å²) in [6.07, 6.45) is 5.41. The van der Waals surface area contributed by atoms with Gasteiger partial charge in [-0.05, 0) is 43.7 Å². The average Bonchev–Trinajstić information content (AvgIpc) is 3.15. The third-order valence-electron chi connectivity index (χ3n) is 5.49. The molecule has 7 nitrogen and oxygen atoms in total. The number of carbonyl (C=O) groups is 1. The quantitative estimate of drug-likeness (QED) is 0.711. The second-order valence-electron chi connectivity index (χ2n) is 7.38. The van der Waals surface area contributed by atoms with Gasteiger partial charge in [0.15, 0.2) is 0 Å². The van der Waals surface area contributed by atoms with Gasteiger partial charge in [-0.3, -0.25) is 14.2 Å². The molecular weight excluding hydrogens is 344 g/mol. The molecule has 27 heavy (non-hydrogen) atoms. The number of likely N-dealkylation sites (tertiary alicyclic amines) is 1. The maximum Gasteiger partial charge on any atom is 0.293 e. The van der Waals surface area contributed by atoms with Crippen molar-refractivity contribution in [1.82, 2.24) is 19.6 Å². The molecule has 1 aliphatic carbocycles. The van der Waals surface area contributed by atoms with Crippen LogP contribution in [0.1, 0.15) is 48.1 Å². The van der Waals surface area contributed by atoms with Crippen molar-refractivity contribution in [3.63, 3.8) is 0 Å². The maximum atomic E-state index is 13.2. The number of aromatic nitrogens is 3. The fourth-order valence-electron chi connectivity index (χ4n) is 3.92. The first-order chi connectivity index (χ1) is 13.2. The number of fused-ring (bicyclic) bond motifs is 1. The van der Waals surface area contributed by atoms with E-state index < -0.39 is 0 Å². The van der Waals surface area contributed by atoms with Gasteiger partial charge in [0.05, 0.1) is 23.1 Å². The van der Waals surface area contributed by atoms with Crippen molar-refractivity contribution in [3.8, 4) is 0 Å². The van der Waals surface area contributed by atoms with Crippen LogP contribution in [0.25, 0.3) is 10.9 Å². The number of amides is 1. The summed E-state index contributed by atoms with van der Waals surface area (Å²) < 4.78 is 6.86. The predicted molar refractivity (Wildman–Crippen MR) is 98.2 cm³/mol. The van der Waals surface area contributed by atoms with E-state index in [0.29, 0.717) is 35.7 Å². The van der Waals surface area contributed by atoms with Crippen molar-refractivity contribution in [2.75, 3.05) is 6.54 Å². The van der Waals surface area contributed by atoms with Gasteiger partial charge in [-0.15, -0.1) is 0 Å². The van der Waals surface area contributed by atoms with Crippen molar-refractivity contribution >= 4 is 16.8 Å². The molecule has 2 fully saturated rings. The molecule has 5 rings (SSSR count). The lowest BCUT2D eigenvalue weighted by Gasteiger charge is -2.26. The molecule has 2 aromatic heterocycles. The van der Waals surface area contributed by atoms with Crippen LogP contribution in [0.2, 0.25) is 0 Å². The molecule has 138 valence electrons. The van der Waals surface area contributed by atoms with Crippen LogP contribution < -0.4 is 5.56 Å². The van der Waals surface area contributed by atoms with Gasteiger partial charge in [-0.2, -0.15) is 0 Å². The van der Waals surface area contributed by atoms with Gasteiger partial charge in [0.25, 0.3) is 11.5 Å². The molecule has 1 aromatic carbocycles. The summed E-state index contributed by atoms with van der Waals surface area (Å²) >= 11 is 0. The molecule has 1 unspecified atom stereocenters. The fraction of sp³-hybridized carbons (Fsp3) is 0.400. The molecule has 1 amide bonds. The zero-order chi connectivity index (χ0) is 18.4. The Morgan fingerprint density at radius 1 is 1.19 bits per heavy atom. The van der Waals surface area contributed by atoms with Crippen LogP contribution in [0.15, 0.2) is 45.8 Å². The van der Waals surface area contributed by atoms with E-state index in [9.17, 15) is 9.59 Å². The number of rotatable bonds is 4. The largest absolute Gasteiger partial charge is 0.351 e. The third kappa shape index (κ3) is 2.83. The smallest absolute Gasteiger partial charge is 0.293 e. The molecule has 2 aliphatic rings. The van der Waals surface area contributed by atoms with Gasteiger partial charge in [0.2, 0.25) is 5.76 Å². The molecule has 1 saturated heterocycles. The van der Waals surface area contributed by atoms with Gasteiger partial charge in [-0.1, -0.05) is 17.3 Å². The predicted octanol–water partition coefficient (Wildman–Crippen LogP) is 2.77. The van der Waals surface area contributed by atoms with Crippen LogP contribution in [0.3, 0.4) is 0 Å². The highest BCUT2D eigenvalue weighted by Gasteiger charge is 2.36. The van der Waals surface area contributed by atoms with E-state index in [1.165, 1.54) is 6.20 Å². The van der Waals surface area contributed by atoms with Crippen molar-refractivity contribution in [2.45, 2.75) is 38.3 Å². The minimum atomic E-state index is -0.223. The van der Waals surface area contributed by atoms with Crippen molar-refractivity contribution in [1.29, 1.82) is 0 Å². The van der Waals surface area contributed by atoms with E-state index in [1.807, 2.05) is 24.3 Å². The van der Waals surface area contributed by atoms with E-state index in [-0.39, 0.29) is 23.3 Å². The summed E-state index contributed by atoms with van der Waals surface area (Å²) in [6.45, 7) is 1.29. The van der Waals surface area contributed by atoms with Crippen molar-refractivity contribution < 1.29 is 9.32 Å². The number of nitrogens with zero attached hydrogens (tertiary/aromatic N) is 4. The number of para-hydroxylation sites is 1. The van der Waals surface area contributed by atoms with Crippen molar-refractivity contribution in [3.05, 3.63) is 58.5 Å². The Bertz CT molecular complexity index is 1050. The van der Waals surface area contributed by atoms with Gasteiger partial charge in [-0.25, -0.2) is 4.98 Å². The zero-order valence-electron chi connectivity index (χ0n) is 14.9. The summed E-state index contributed by atoms with van der Waals surface area (Å²) in [5.41, 5.74) is 0.671. The average molecular weight is 364 g/mol. The fourth-order valence-corrected chi connectivity index (χ4v) is 3.92. The van der Waals surface area contributed by atoms with E-state index in [0.717, 1.165) is 25.7 Å². The molecule has 1 atom stereocenters. The van der Waals surface area contributed by atoms with Crippen molar-refractivity contribution in [2.24, 2.45) is 5.92 Å². The minimum Gasteiger partial charge on any atom is -0.351 e. The van der Waals surface area contributed by atoms with Crippen LogP contribution in [0.4, 0.5) is 0 Å². The first-order valence-electron chi connectivity index (χ1n) is 9.43. The summed E-state index contributed by atoms with van der Waals surface area (Å²) in [4.78, 5) is 32.6. The lowest BCUT2D eigenvalue weighted by Crippen LogP contribution is -2.35. The Morgan fingerprint density at radius 2 is 2.04 bits per heavy atom. The zero-order valence-corrected chi connectivity index (χ0v) is 14.9. The summed E-state index contributed by atoms with van der Waals surface area (Å²) in [6, 6.07) is 8.78. The number of benzene rings is 1. The molecule has 1 saturated carbocycles. The SMILES string of the molecule is O=C(c1ccno1)N1CCCC1c1nc2ccccc2c(=O)n1CC1CC1. The summed E-state index contributed by atoms with van der Waals surface area (Å²) in [5, 5.41) is 4.27. The molecular formula is C20H20N4O3. The molecule has 7 heteroatoms. The number of hydrogen-bond acceptors (Lipinski definition) is 5. The second kappa shape index (κ2) is 6.33. The van der Waals surface area contributed by atoms with Gasteiger partial charge in [0, 0.05) is 19.2 Å². The molecule has 0 bridgehead atoms. The Kier molecular flexibility index (Phi) is 3.81. The lowest BCUT2D eigenvalue weighted by molar-refractivity contribution is 0.0684. The normalized spacial score (nSPS) is 19.7. The number of carbonyl (C=O) groups excluding carboxylic acids is 1. The standard InChI is InChI=1S/C20H20N4O3/c25-19-14-4-1-2-5-15(14)22-18(24(19)12-13-7-8-13)16-6-3-11-23(16)20(26)17-9-10-21-27-17/h1-2,4-5,9-10,13,16H,3,6-8,11-12H2. The monoisotopic (exact) mass is 364 g/mol. The Hall–Kier alpha value is -2.96. The maximum absolute atomic E-state index is 13.2. The Balaban J connectivity index is 1.62. The van der Waals surface area contributed by atoms with Gasteiger partial charge >= 0.3 is 0 Å². The first-order valence-corrected chi connectivity index (χ1v) is 9.43. The van der Waals surface area contributed by atoms with Gasteiger partial charge < -0.3 is 9.42 Å². The number of hydrogen-bond donors (Lipinski definition) is 0. The Morgan fingerprint density at radius 3 is 2.81 bits per heavy atom. The van der Waals surface area contributed by atoms with E-state index >= 15 is 0 Å². The molecule has 0 N–H and O–H groups in total. The summed E-state index contributed by atoms with van der Waals surface area (Å²) in [5.74, 6) is 1.24. The van der Waals surface area contributed by atoms with Crippen LogP contribution in [0, 0.1) is 5.92 Å². The molecule has 1 aliphatic heterocycles. The second-order valence-corrected chi connectivity index (χ2v) is 7.38. The molecule has 3 heterocycles. The van der Waals surface area contributed by atoms with Crippen LogP contribution in [0.5, 0.6) is 0 Å². The highest BCUT2D eigenvalue weighted by atomic mass is 16.5. The minimum absolute atomic E-state index is 0.0125. The third-order valence-corrected chi connectivity index (χ3v) is 5.49. The molecule has 0 spiro atoms. The lowest BCUT2D eigenvalue weighted by atomic mass is 10.1. The van der Waals surface area contributed by atoms with Crippen LogP contribution >= 0.6 is 0 Å². The highest BCUT2D eigenvalue weighted by Crippen LogP contribution is 2.35. The Labute approximate surface area is 155 Å². The molecule has 3 aromatic rings. The summed E-state index contributed by atoms with van der Waals surface area (Å²) in [7, 11) is 0. The molecule has 0 radical (unpaired) electrons. The van der Waals surface area contributed by atoms with Gasteiger partial charge in [0.1, 0.15) is 5.82 Å². The first kappa shape index (κ1) is 16.2. The van der Waals surface area contributed by atoms with E-state index in [2.05, 4.69) is 5.16 Å². The highest BCUT2D eigenvalue weighted by molar-refractivity contribution is 5.91. The van der Waals surface area contributed by atoms with E-state index in [4.69, 9.17) is 9.51 Å². The topological polar surface area (TPSA) is 81.2 Å². The van der Waals surface area contributed by atoms with Crippen LogP contribution in [-0.2, 0) is 6.54 Å². The van der Waals surface area contributed by atoms with E-state index in [1.54, 1.807) is 15.5 Å².